The van der Waals surface area contributed by atoms with Crippen LogP contribution < -0.4 is 0 Å². The normalized spacial score (nSPS) is 13.7. The fourth-order valence-electron chi connectivity index (χ4n) is 2.40. The lowest BCUT2D eigenvalue weighted by Gasteiger charge is -2.11. The minimum absolute atomic E-state index is 0.0571. The summed E-state index contributed by atoms with van der Waals surface area (Å²) in [4.78, 5) is 12.3. The minimum Gasteiger partial charge on any atom is -0.293 e. The monoisotopic (exact) mass is 300 g/mol. The zero-order valence-corrected chi connectivity index (χ0v) is 13.4. The van der Waals surface area contributed by atoms with Crippen LogP contribution in [0.1, 0.15) is 34.0 Å². The summed E-state index contributed by atoms with van der Waals surface area (Å²) < 4.78 is 12.4. The number of Topliss-reactive ketones (excluding diaryl/α,β-unsaturated/α-hetero) is 1. The van der Waals surface area contributed by atoms with Crippen molar-refractivity contribution >= 4 is 16.6 Å². The molecular formula is C18H20O2S. The first kappa shape index (κ1) is 15.6. The second-order valence-electron chi connectivity index (χ2n) is 5.39. The highest BCUT2D eigenvalue weighted by Gasteiger charge is 2.21. The van der Waals surface area contributed by atoms with Crippen molar-refractivity contribution in [1.82, 2.24) is 0 Å². The number of carbonyl (C=O) groups excluding carboxylic acids is 1. The number of hydrogen-bond acceptors (Lipinski definition) is 2. The Kier molecular flexibility index (Phi) is 5.07. The third kappa shape index (κ3) is 4.11. The van der Waals surface area contributed by atoms with Gasteiger partial charge in [-0.05, 0) is 26.3 Å². The molecular weight excluding hydrogens is 280 g/mol. The first-order valence-corrected chi connectivity index (χ1v) is 8.39. The van der Waals surface area contributed by atoms with Gasteiger partial charge in [0.25, 0.3) is 0 Å². The maximum Gasteiger partial charge on any atom is 0.178 e. The van der Waals surface area contributed by atoms with Gasteiger partial charge in [-0.25, -0.2) is 0 Å². The maximum atomic E-state index is 12.4. The van der Waals surface area contributed by atoms with Crippen molar-refractivity contribution in [2.45, 2.75) is 31.8 Å². The van der Waals surface area contributed by atoms with Crippen LogP contribution in [0.3, 0.4) is 0 Å². The average Bonchev–Trinajstić information content (AvgIpc) is 2.45. The van der Waals surface area contributed by atoms with Crippen LogP contribution in [-0.2, 0) is 16.6 Å². The van der Waals surface area contributed by atoms with Crippen molar-refractivity contribution in [2.24, 2.45) is 0 Å². The molecule has 2 atom stereocenters. The van der Waals surface area contributed by atoms with Crippen LogP contribution in [0.25, 0.3) is 0 Å². The van der Waals surface area contributed by atoms with Crippen molar-refractivity contribution < 1.29 is 9.00 Å². The highest BCUT2D eigenvalue weighted by molar-refractivity contribution is 7.85. The summed E-state index contributed by atoms with van der Waals surface area (Å²) >= 11 is 0. The molecule has 0 amide bonds. The molecule has 0 spiro atoms. The van der Waals surface area contributed by atoms with E-state index in [2.05, 4.69) is 6.07 Å². The fourth-order valence-corrected chi connectivity index (χ4v) is 3.52. The lowest BCUT2D eigenvalue weighted by molar-refractivity contribution is 0.0992. The largest absolute Gasteiger partial charge is 0.293 e. The van der Waals surface area contributed by atoms with Crippen molar-refractivity contribution in [1.29, 1.82) is 0 Å². The summed E-state index contributed by atoms with van der Waals surface area (Å²) in [6.07, 6.45) is 0. The van der Waals surface area contributed by atoms with Crippen LogP contribution in [0.5, 0.6) is 0 Å². The lowest BCUT2D eigenvalue weighted by atomic mass is 10.1. The molecule has 0 aliphatic heterocycles. The van der Waals surface area contributed by atoms with E-state index < -0.39 is 16.0 Å². The Morgan fingerprint density at radius 2 is 1.62 bits per heavy atom. The molecule has 21 heavy (non-hydrogen) atoms. The number of benzene rings is 2. The molecule has 0 radical (unpaired) electrons. The van der Waals surface area contributed by atoms with Crippen LogP contribution in [-0.4, -0.2) is 15.2 Å². The third-order valence-corrected chi connectivity index (χ3v) is 5.03. The van der Waals surface area contributed by atoms with Gasteiger partial charge in [-0.3, -0.25) is 9.00 Å². The van der Waals surface area contributed by atoms with E-state index in [4.69, 9.17) is 0 Å². The average molecular weight is 300 g/mol. The quantitative estimate of drug-likeness (QED) is 0.787. The van der Waals surface area contributed by atoms with Gasteiger partial charge in [0.1, 0.15) is 0 Å². The van der Waals surface area contributed by atoms with Crippen molar-refractivity contribution in [3.05, 3.63) is 70.8 Å². The van der Waals surface area contributed by atoms with Crippen molar-refractivity contribution in [3.63, 3.8) is 0 Å². The molecule has 3 heteroatoms. The molecule has 0 aromatic heterocycles. The van der Waals surface area contributed by atoms with Gasteiger partial charge in [0.2, 0.25) is 0 Å². The van der Waals surface area contributed by atoms with Gasteiger partial charge in [0, 0.05) is 22.1 Å². The van der Waals surface area contributed by atoms with Gasteiger partial charge < -0.3 is 0 Å². The summed E-state index contributed by atoms with van der Waals surface area (Å²) in [5, 5.41) is -0.492. The number of hydrogen-bond donors (Lipinski definition) is 0. The molecule has 2 aromatic rings. The maximum absolute atomic E-state index is 12.4. The van der Waals surface area contributed by atoms with Gasteiger partial charge in [-0.1, -0.05) is 59.7 Å². The zero-order chi connectivity index (χ0) is 15.4. The molecule has 0 saturated carbocycles. The van der Waals surface area contributed by atoms with E-state index in [0.29, 0.717) is 11.3 Å². The predicted octanol–water partition coefficient (Wildman–Crippen LogP) is 3.82. The summed E-state index contributed by atoms with van der Waals surface area (Å²) in [6, 6.07) is 15.2. The molecule has 2 unspecified atom stereocenters. The second-order valence-corrected chi connectivity index (χ2v) is 7.15. The Balaban J connectivity index is 2.11. The van der Waals surface area contributed by atoms with E-state index in [0.717, 1.165) is 16.7 Å². The van der Waals surface area contributed by atoms with Gasteiger partial charge in [0.05, 0.1) is 5.25 Å². The van der Waals surface area contributed by atoms with E-state index >= 15 is 0 Å². The summed E-state index contributed by atoms with van der Waals surface area (Å²) in [6.45, 7) is 5.80. The fraction of sp³-hybridized carbons (Fsp3) is 0.278. The van der Waals surface area contributed by atoms with Crippen LogP contribution >= 0.6 is 0 Å². The predicted molar refractivity (Wildman–Crippen MR) is 88.0 cm³/mol. The van der Waals surface area contributed by atoms with E-state index in [9.17, 15) is 9.00 Å². The Hall–Kier alpha value is -1.74. The summed E-state index contributed by atoms with van der Waals surface area (Å²) in [7, 11) is -1.21. The Morgan fingerprint density at radius 3 is 2.19 bits per heavy atom. The first-order chi connectivity index (χ1) is 9.97. The van der Waals surface area contributed by atoms with E-state index in [1.807, 2.05) is 44.2 Å². The molecule has 2 nitrogen and oxygen atoms in total. The van der Waals surface area contributed by atoms with E-state index in [-0.39, 0.29) is 5.78 Å². The van der Waals surface area contributed by atoms with Crippen molar-refractivity contribution in [2.75, 3.05) is 0 Å². The standard InChI is InChI=1S/C18H20O2S/c1-13-9-14(2)11-16(10-13)12-21(20)15(3)18(19)17-7-5-4-6-8-17/h4-11,15H,12H2,1-3H3. The number of carbonyl (C=O) groups is 1. The number of rotatable bonds is 5. The molecule has 2 rings (SSSR count). The highest BCUT2D eigenvalue weighted by Crippen LogP contribution is 2.15. The Bertz CT molecular complexity index is 642. The molecule has 110 valence electrons. The van der Waals surface area contributed by atoms with Crippen LogP contribution in [0, 0.1) is 13.8 Å². The van der Waals surface area contributed by atoms with Gasteiger partial charge >= 0.3 is 0 Å². The summed E-state index contributed by atoms with van der Waals surface area (Å²) in [5.41, 5.74) is 3.96. The molecule has 0 heterocycles. The van der Waals surface area contributed by atoms with Gasteiger partial charge in [0.15, 0.2) is 5.78 Å². The van der Waals surface area contributed by atoms with Crippen LogP contribution in [0.15, 0.2) is 48.5 Å². The third-order valence-electron chi connectivity index (χ3n) is 3.41. The molecule has 0 N–H and O–H groups in total. The minimum atomic E-state index is -1.21. The number of aryl methyl sites for hydroxylation is 2. The van der Waals surface area contributed by atoms with Crippen LogP contribution in [0.2, 0.25) is 0 Å². The molecule has 0 aliphatic rings. The van der Waals surface area contributed by atoms with Gasteiger partial charge in [-0.2, -0.15) is 0 Å². The molecule has 0 fully saturated rings. The van der Waals surface area contributed by atoms with Crippen LogP contribution in [0.4, 0.5) is 0 Å². The molecule has 0 aliphatic carbocycles. The second kappa shape index (κ2) is 6.81. The van der Waals surface area contributed by atoms with E-state index in [1.54, 1.807) is 19.1 Å². The first-order valence-electron chi connectivity index (χ1n) is 7.01. The zero-order valence-electron chi connectivity index (χ0n) is 12.6. The van der Waals surface area contributed by atoms with Gasteiger partial charge in [-0.15, -0.1) is 0 Å². The Morgan fingerprint density at radius 1 is 1.05 bits per heavy atom. The van der Waals surface area contributed by atoms with E-state index in [1.165, 1.54) is 0 Å². The lowest BCUT2D eigenvalue weighted by Crippen LogP contribution is -2.23. The molecule has 0 saturated heterocycles. The Labute approximate surface area is 128 Å². The highest BCUT2D eigenvalue weighted by atomic mass is 32.2. The number of ketones is 1. The van der Waals surface area contributed by atoms with Crippen molar-refractivity contribution in [3.8, 4) is 0 Å². The smallest absolute Gasteiger partial charge is 0.178 e. The molecule has 2 aromatic carbocycles. The summed E-state index contributed by atoms with van der Waals surface area (Å²) in [5.74, 6) is 0.362. The SMILES string of the molecule is Cc1cc(C)cc(CS(=O)C(C)C(=O)c2ccccc2)c1. The molecule has 0 bridgehead atoms. The topological polar surface area (TPSA) is 34.1 Å².